The molecule has 0 amide bonds. The third-order valence-corrected chi connectivity index (χ3v) is 4.65. The van der Waals surface area contributed by atoms with E-state index in [1.54, 1.807) is 11.8 Å². The predicted molar refractivity (Wildman–Crippen MR) is 116 cm³/mol. The zero-order valence-electron chi connectivity index (χ0n) is 15.4. The third-order valence-electron chi connectivity index (χ3n) is 3.84. The van der Waals surface area contributed by atoms with Gasteiger partial charge < -0.3 is 4.74 Å². The zero-order chi connectivity index (χ0) is 18.7. The molecule has 0 fully saturated rings. The van der Waals surface area contributed by atoms with E-state index in [1.165, 1.54) is 10.5 Å². The lowest BCUT2D eigenvalue weighted by Gasteiger charge is -2.06. The third kappa shape index (κ3) is 6.46. The van der Waals surface area contributed by atoms with Crippen LogP contribution in [-0.2, 0) is 6.42 Å². The van der Waals surface area contributed by atoms with Gasteiger partial charge >= 0.3 is 0 Å². The first kappa shape index (κ1) is 19.0. The SMILES string of the molecule is CCCc1ccc(N=C(C=CSc2ccccc2)Oc2ccccc2)cc1. The molecule has 3 heteroatoms. The maximum absolute atomic E-state index is 5.98. The Kier molecular flexibility index (Phi) is 7.31. The fraction of sp³-hybridized carbons (Fsp3) is 0.125. The Morgan fingerprint density at radius 1 is 0.889 bits per heavy atom. The summed E-state index contributed by atoms with van der Waals surface area (Å²) in [5.74, 6) is 1.33. The minimum Gasteiger partial charge on any atom is -0.439 e. The van der Waals surface area contributed by atoms with E-state index in [9.17, 15) is 0 Å². The van der Waals surface area contributed by atoms with E-state index >= 15 is 0 Å². The quantitative estimate of drug-likeness (QED) is 0.251. The number of aliphatic imine (C=N–C) groups is 1. The van der Waals surface area contributed by atoms with Crippen molar-refractivity contribution in [3.63, 3.8) is 0 Å². The number of hydrogen-bond acceptors (Lipinski definition) is 3. The molecule has 0 atom stereocenters. The lowest BCUT2D eigenvalue weighted by molar-refractivity contribution is 0.556. The maximum atomic E-state index is 5.98. The second kappa shape index (κ2) is 10.4. The van der Waals surface area contributed by atoms with E-state index < -0.39 is 0 Å². The van der Waals surface area contributed by atoms with Gasteiger partial charge in [-0.2, -0.15) is 0 Å². The van der Waals surface area contributed by atoms with Crippen LogP contribution in [0, 0.1) is 0 Å². The fourth-order valence-corrected chi connectivity index (χ4v) is 3.18. The smallest absolute Gasteiger partial charge is 0.220 e. The Morgan fingerprint density at radius 3 is 2.22 bits per heavy atom. The molecule has 3 aromatic carbocycles. The molecule has 0 spiro atoms. The van der Waals surface area contributed by atoms with Gasteiger partial charge in [0.05, 0.1) is 5.69 Å². The number of hydrogen-bond donors (Lipinski definition) is 0. The summed E-state index contributed by atoms with van der Waals surface area (Å²) in [7, 11) is 0. The molecular weight excluding hydrogens is 350 g/mol. The van der Waals surface area contributed by atoms with Gasteiger partial charge in [-0.3, -0.25) is 0 Å². The standard InChI is InChI=1S/C24H23NOS/c1-2-9-20-14-16-21(17-15-20)25-24(26-22-10-5-3-6-11-22)18-19-27-23-12-7-4-8-13-23/h3-8,10-19H,2,9H2,1H3. The van der Waals surface area contributed by atoms with Gasteiger partial charge in [0.15, 0.2) is 0 Å². The summed E-state index contributed by atoms with van der Waals surface area (Å²) in [6.07, 6.45) is 4.14. The van der Waals surface area contributed by atoms with Crippen LogP contribution in [0.1, 0.15) is 18.9 Å². The van der Waals surface area contributed by atoms with Crippen LogP contribution in [0.3, 0.4) is 0 Å². The molecule has 3 rings (SSSR count). The van der Waals surface area contributed by atoms with Crippen LogP contribution >= 0.6 is 11.8 Å². The largest absolute Gasteiger partial charge is 0.439 e. The van der Waals surface area contributed by atoms with Gasteiger partial charge in [0.1, 0.15) is 5.75 Å². The summed E-state index contributed by atoms with van der Waals surface area (Å²) >= 11 is 1.64. The van der Waals surface area contributed by atoms with Gasteiger partial charge in [-0.15, -0.1) is 0 Å². The number of para-hydroxylation sites is 1. The minimum absolute atomic E-state index is 0.563. The normalized spacial score (nSPS) is 11.7. The predicted octanol–water partition coefficient (Wildman–Crippen LogP) is 7.05. The monoisotopic (exact) mass is 373 g/mol. The summed E-state index contributed by atoms with van der Waals surface area (Å²) in [6, 6.07) is 28.3. The molecule has 136 valence electrons. The van der Waals surface area contributed by atoms with Crippen molar-refractivity contribution in [1.82, 2.24) is 0 Å². The number of benzene rings is 3. The van der Waals surface area contributed by atoms with Crippen molar-refractivity contribution in [2.24, 2.45) is 4.99 Å². The highest BCUT2D eigenvalue weighted by Gasteiger charge is 2.01. The van der Waals surface area contributed by atoms with Crippen molar-refractivity contribution in [2.75, 3.05) is 0 Å². The van der Waals surface area contributed by atoms with E-state index in [4.69, 9.17) is 4.74 Å². The molecule has 0 saturated heterocycles. The Labute approximate surface area is 165 Å². The lowest BCUT2D eigenvalue weighted by atomic mass is 10.1. The summed E-state index contributed by atoms with van der Waals surface area (Å²) in [5.41, 5.74) is 2.22. The molecular formula is C24H23NOS. The van der Waals surface area contributed by atoms with Crippen molar-refractivity contribution in [1.29, 1.82) is 0 Å². The first-order valence-electron chi connectivity index (χ1n) is 9.12. The zero-order valence-corrected chi connectivity index (χ0v) is 16.2. The van der Waals surface area contributed by atoms with E-state index in [0.29, 0.717) is 5.90 Å². The van der Waals surface area contributed by atoms with Crippen LogP contribution < -0.4 is 4.74 Å². The molecule has 0 unspecified atom stereocenters. The Morgan fingerprint density at radius 2 is 1.56 bits per heavy atom. The first-order valence-corrected chi connectivity index (χ1v) is 10.0. The second-order valence-corrected chi connectivity index (χ2v) is 6.99. The highest BCUT2D eigenvalue weighted by atomic mass is 32.2. The molecule has 0 aliphatic rings. The number of nitrogens with zero attached hydrogens (tertiary/aromatic N) is 1. The maximum Gasteiger partial charge on any atom is 0.220 e. The second-order valence-electron chi connectivity index (χ2n) is 6.02. The molecule has 0 bridgehead atoms. The van der Waals surface area contributed by atoms with Crippen LogP contribution in [0.15, 0.2) is 106 Å². The molecule has 3 aromatic rings. The summed E-state index contributed by atoms with van der Waals surface area (Å²) in [4.78, 5) is 5.86. The van der Waals surface area contributed by atoms with E-state index in [-0.39, 0.29) is 0 Å². The first-order chi connectivity index (χ1) is 13.3. The lowest BCUT2D eigenvalue weighted by Crippen LogP contribution is -2.04. The van der Waals surface area contributed by atoms with Crippen LogP contribution in [-0.4, -0.2) is 5.90 Å². The van der Waals surface area contributed by atoms with Gasteiger partial charge in [0, 0.05) is 11.0 Å². The molecule has 0 radical (unpaired) electrons. The summed E-state index contributed by atoms with van der Waals surface area (Å²) < 4.78 is 5.98. The van der Waals surface area contributed by atoms with Gasteiger partial charge in [-0.25, -0.2) is 4.99 Å². The molecule has 0 aliphatic heterocycles. The summed E-state index contributed by atoms with van der Waals surface area (Å²) in [6.45, 7) is 2.19. The molecule has 0 aromatic heterocycles. The number of aryl methyl sites for hydroxylation is 1. The number of ether oxygens (including phenoxy) is 1. The van der Waals surface area contributed by atoms with Crippen molar-refractivity contribution < 1.29 is 4.74 Å². The van der Waals surface area contributed by atoms with Crippen molar-refractivity contribution >= 4 is 23.3 Å². The summed E-state index contributed by atoms with van der Waals surface area (Å²) in [5, 5.41) is 2.00. The van der Waals surface area contributed by atoms with Crippen LogP contribution in [0.4, 0.5) is 5.69 Å². The van der Waals surface area contributed by atoms with Gasteiger partial charge in [0.2, 0.25) is 5.90 Å². The molecule has 0 saturated carbocycles. The molecule has 0 aliphatic carbocycles. The Balaban J connectivity index is 1.78. The molecule has 27 heavy (non-hydrogen) atoms. The van der Waals surface area contributed by atoms with Crippen molar-refractivity contribution in [3.8, 4) is 5.75 Å². The number of rotatable bonds is 7. The Bertz CT molecular complexity index is 871. The Hall–Kier alpha value is -2.78. The average Bonchev–Trinajstić information content (AvgIpc) is 2.71. The molecule has 0 heterocycles. The van der Waals surface area contributed by atoms with Crippen molar-refractivity contribution in [2.45, 2.75) is 24.7 Å². The van der Waals surface area contributed by atoms with E-state index in [2.05, 4.69) is 36.2 Å². The van der Waals surface area contributed by atoms with E-state index in [1.807, 2.05) is 72.1 Å². The fourth-order valence-electron chi connectivity index (χ4n) is 2.53. The van der Waals surface area contributed by atoms with Crippen LogP contribution in [0.25, 0.3) is 0 Å². The van der Waals surface area contributed by atoms with Crippen LogP contribution in [0.5, 0.6) is 5.75 Å². The molecule has 2 nitrogen and oxygen atoms in total. The van der Waals surface area contributed by atoms with Gasteiger partial charge in [-0.1, -0.05) is 73.6 Å². The average molecular weight is 374 g/mol. The van der Waals surface area contributed by atoms with Crippen molar-refractivity contribution in [3.05, 3.63) is 102 Å². The van der Waals surface area contributed by atoms with Crippen LogP contribution in [0.2, 0.25) is 0 Å². The highest BCUT2D eigenvalue weighted by molar-refractivity contribution is 8.02. The molecule has 0 N–H and O–H groups in total. The van der Waals surface area contributed by atoms with E-state index in [0.717, 1.165) is 24.3 Å². The highest BCUT2D eigenvalue weighted by Crippen LogP contribution is 2.20. The topological polar surface area (TPSA) is 21.6 Å². The van der Waals surface area contributed by atoms with Gasteiger partial charge in [-0.05, 0) is 53.8 Å². The minimum atomic E-state index is 0.563. The number of thioether (sulfide) groups is 1. The van der Waals surface area contributed by atoms with Gasteiger partial charge in [0.25, 0.3) is 0 Å².